The zero-order chi connectivity index (χ0) is 11.8. The highest BCUT2D eigenvalue weighted by Gasteiger charge is 2.32. The van der Waals surface area contributed by atoms with Crippen LogP contribution in [0.5, 0.6) is 0 Å². The van der Waals surface area contributed by atoms with Gasteiger partial charge in [0.15, 0.2) is 0 Å². The molecule has 1 saturated carbocycles. The minimum atomic E-state index is -0.0146. The lowest BCUT2D eigenvalue weighted by Gasteiger charge is -2.34. The number of furan rings is 1. The monoisotopic (exact) mass is 254 g/mol. The summed E-state index contributed by atoms with van der Waals surface area (Å²) < 4.78 is 4.95. The number of hydrogen-bond donors (Lipinski definition) is 0. The molecule has 0 bridgehead atoms. The van der Waals surface area contributed by atoms with Crippen molar-refractivity contribution in [2.24, 2.45) is 0 Å². The number of nitrogens with zero attached hydrogens (tertiary/aromatic N) is 2. The van der Waals surface area contributed by atoms with Gasteiger partial charge >= 0.3 is 0 Å². The Bertz CT molecular complexity index is 420. The number of carbonyl (C=O) groups is 1. The van der Waals surface area contributed by atoms with E-state index in [2.05, 4.69) is 4.90 Å². The van der Waals surface area contributed by atoms with Crippen molar-refractivity contribution in [3.8, 4) is 0 Å². The standard InChI is InChI=1S/C12H15ClN2O2/c13-11-10(3-8-17-11)12(16)15-6-4-14(5-7-15)9-1-2-9/h3,8-9H,1-2,4-7H2. The van der Waals surface area contributed by atoms with Gasteiger partial charge in [-0.15, -0.1) is 0 Å². The van der Waals surface area contributed by atoms with Crippen LogP contribution in [0.3, 0.4) is 0 Å². The maximum absolute atomic E-state index is 12.1. The van der Waals surface area contributed by atoms with E-state index < -0.39 is 0 Å². The third-order valence-corrected chi connectivity index (χ3v) is 3.81. The normalized spacial score (nSPS) is 21.8. The summed E-state index contributed by atoms with van der Waals surface area (Å²) >= 11 is 5.82. The van der Waals surface area contributed by atoms with E-state index in [1.165, 1.54) is 19.1 Å². The van der Waals surface area contributed by atoms with Gasteiger partial charge in [-0.25, -0.2) is 0 Å². The number of rotatable bonds is 2. The van der Waals surface area contributed by atoms with Crippen LogP contribution in [-0.2, 0) is 0 Å². The molecule has 1 aromatic heterocycles. The second-order valence-electron chi connectivity index (χ2n) is 4.67. The van der Waals surface area contributed by atoms with E-state index in [1.807, 2.05) is 4.90 Å². The lowest BCUT2D eigenvalue weighted by atomic mass is 10.2. The Kier molecular flexibility index (Phi) is 2.84. The van der Waals surface area contributed by atoms with E-state index in [9.17, 15) is 4.79 Å². The maximum Gasteiger partial charge on any atom is 0.258 e. The molecule has 5 heteroatoms. The number of amides is 1. The minimum Gasteiger partial charge on any atom is -0.452 e. The molecule has 1 aromatic rings. The molecule has 0 atom stereocenters. The average Bonchev–Trinajstić information content (AvgIpc) is 3.12. The number of piperazine rings is 1. The van der Waals surface area contributed by atoms with Crippen LogP contribution in [0.4, 0.5) is 0 Å². The summed E-state index contributed by atoms with van der Waals surface area (Å²) in [6, 6.07) is 2.42. The largest absolute Gasteiger partial charge is 0.452 e. The van der Waals surface area contributed by atoms with E-state index in [1.54, 1.807) is 6.07 Å². The molecule has 4 nitrogen and oxygen atoms in total. The fourth-order valence-electron chi connectivity index (χ4n) is 2.35. The second kappa shape index (κ2) is 4.35. The lowest BCUT2D eigenvalue weighted by molar-refractivity contribution is 0.0627. The summed E-state index contributed by atoms with van der Waals surface area (Å²) in [4.78, 5) is 16.5. The van der Waals surface area contributed by atoms with E-state index in [-0.39, 0.29) is 11.1 Å². The Hall–Kier alpha value is -1.00. The molecule has 0 aromatic carbocycles. The van der Waals surface area contributed by atoms with Gasteiger partial charge in [0.05, 0.1) is 11.8 Å². The molecule has 17 heavy (non-hydrogen) atoms. The van der Waals surface area contributed by atoms with Crippen molar-refractivity contribution in [3.05, 3.63) is 23.1 Å². The van der Waals surface area contributed by atoms with Crippen molar-refractivity contribution in [1.82, 2.24) is 9.80 Å². The smallest absolute Gasteiger partial charge is 0.258 e. The van der Waals surface area contributed by atoms with Gasteiger partial charge in [0, 0.05) is 32.2 Å². The molecular formula is C12H15ClN2O2. The predicted octanol–water partition coefficient (Wildman–Crippen LogP) is 1.85. The molecule has 1 aliphatic heterocycles. The molecule has 2 fully saturated rings. The summed E-state index contributed by atoms with van der Waals surface area (Å²) in [5.74, 6) is -0.0146. The highest BCUT2D eigenvalue weighted by Crippen LogP contribution is 2.28. The molecule has 2 aliphatic rings. The quantitative estimate of drug-likeness (QED) is 0.808. The van der Waals surface area contributed by atoms with Crippen LogP contribution in [0.25, 0.3) is 0 Å². The predicted molar refractivity (Wildman–Crippen MR) is 64.2 cm³/mol. The van der Waals surface area contributed by atoms with Gasteiger partial charge < -0.3 is 9.32 Å². The van der Waals surface area contributed by atoms with Crippen LogP contribution in [0.2, 0.25) is 5.22 Å². The van der Waals surface area contributed by atoms with Crippen molar-refractivity contribution < 1.29 is 9.21 Å². The van der Waals surface area contributed by atoms with E-state index in [4.69, 9.17) is 16.0 Å². The van der Waals surface area contributed by atoms with Gasteiger partial charge in [-0.2, -0.15) is 0 Å². The molecule has 0 N–H and O–H groups in total. The van der Waals surface area contributed by atoms with Crippen LogP contribution in [0.1, 0.15) is 23.2 Å². The van der Waals surface area contributed by atoms with Crippen LogP contribution >= 0.6 is 11.6 Å². The first-order valence-corrected chi connectivity index (χ1v) is 6.40. The highest BCUT2D eigenvalue weighted by atomic mass is 35.5. The topological polar surface area (TPSA) is 36.7 Å². The summed E-state index contributed by atoms with van der Waals surface area (Å²) in [6.45, 7) is 3.53. The van der Waals surface area contributed by atoms with Gasteiger partial charge in [0.1, 0.15) is 0 Å². The summed E-state index contributed by atoms with van der Waals surface area (Å²) in [6.07, 6.45) is 4.10. The minimum absolute atomic E-state index is 0.0146. The lowest BCUT2D eigenvalue weighted by Crippen LogP contribution is -2.49. The Balaban J connectivity index is 1.62. The maximum atomic E-state index is 12.1. The third kappa shape index (κ3) is 2.19. The second-order valence-corrected chi connectivity index (χ2v) is 5.01. The van der Waals surface area contributed by atoms with Gasteiger partial charge in [-0.1, -0.05) is 0 Å². The Morgan fingerprint density at radius 3 is 2.53 bits per heavy atom. The Morgan fingerprint density at radius 1 is 1.29 bits per heavy atom. The number of hydrogen-bond acceptors (Lipinski definition) is 3. The van der Waals surface area contributed by atoms with Crippen LogP contribution in [0, 0.1) is 0 Å². The first-order chi connectivity index (χ1) is 8.25. The van der Waals surface area contributed by atoms with Gasteiger partial charge in [-0.3, -0.25) is 9.69 Å². The van der Waals surface area contributed by atoms with Crippen molar-refractivity contribution in [2.75, 3.05) is 26.2 Å². The van der Waals surface area contributed by atoms with Crippen molar-refractivity contribution in [3.63, 3.8) is 0 Å². The average molecular weight is 255 g/mol. The Labute approximate surface area is 105 Å². The fraction of sp³-hybridized carbons (Fsp3) is 0.583. The fourth-order valence-corrected chi connectivity index (χ4v) is 2.54. The third-order valence-electron chi connectivity index (χ3n) is 3.51. The molecule has 1 amide bonds. The van der Waals surface area contributed by atoms with Gasteiger partial charge in [0.25, 0.3) is 5.91 Å². The van der Waals surface area contributed by atoms with Crippen molar-refractivity contribution in [2.45, 2.75) is 18.9 Å². The molecular weight excluding hydrogens is 240 g/mol. The SMILES string of the molecule is O=C(c1ccoc1Cl)N1CCN(C2CC2)CC1. The molecule has 0 unspecified atom stereocenters. The van der Waals surface area contributed by atoms with Gasteiger partial charge in [-0.05, 0) is 30.5 Å². The van der Waals surface area contributed by atoms with Crippen molar-refractivity contribution in [1.29, 1.82) is 0 Å². The summed E-state index contributed by atoms with van der Waals surface area (Å²) in [5.41, 5.74) is 0.478. The molecule has 92 valence electrons. The van der Waals surface area contributed by atoms with E-state index in [0.717, 1.165) is 32.2 Å². The molecule has 0 spiro atoms. The molecule has 1 saturated heterocycles. The first-order valence-electron chi connectivity index (χ1n) is 6.02. The van der Waals surface area contributed by atoms with E-state index >= 15 is 0 Å². The van der Waals surface area contributed by atoms with Crippen LogP contribution in [0.15, 0.2) is 16.7 Å². The van der Waals surface area contributed by atoms with Gasteiger partial charge in [0.2, 0.25) is 5.22 Å². The summed E-state index contributed by atoms with van der Waals surface area (Å²) in [7, 11) is 0. The number of carbonyl (C=O) groups excluding carboxylic acids is 1. The first kappa shape index (κ1) is 11.1. The van der Waals surface area contributed by atoms with E-state index in [0.29, 0.717) is 5.56 Å². The zero-order valence-corrected chi connectivity index (χ0v) is 10.3. The number of halogens is 1. The summed E-state index contributed by atoms with van der Waals surface area (Å²) in [5, 5.41) is 0.194. The molecule has 0 radical (unpaired) electrons. The zero-order valence-electron chi connectivity index (χ0n) is 9.56. The van der Waals surface area contributed by atoms with Crippen LogP contribution in [-0.4, -0.2) is 47.9 Å². The Morgan fingerprint density at radius 2 is 2.00 bits per heavy atom. The van der Waals surface area contributed by atoms with Crippen LogP contribution < -0.4 is 0 Å². The molecule has 1 aliphatic carbocycles. The molecule has 3 rings (SSSR count). The highest BCUT2D eigenvalue weighted by molar-refractivity contribution is 6.32. The van der Waals surface area contributed by atoms with Crippen molar-refractivity contribution >= 4 is 17.5 Å². The molecule has 2 heterocycles.